The molecule has 1 saturated heterocycles. The Morgan fingerprint density at radius 2 is 2.07 bits per heavy atom. The molecule has 0 bridgehead atoms. The number of hydrogen-bond donors (Lipinski definition) is 4. The van der Waals surface area contributed by atoms with Gasteiger partial charge in [-0.3, -0.25) is 5.41 Å². The summed E-state index contributed by atoms with van der Waals surface area (Å²) in [5.74, 6) is -0.269. The molecule has 0 saturated carbocycles. The molecule has 2 aliphatic heterocycles. The molecule has 3 atom stereocenters. The summed E-state index contributed by atoms with van der Waals surface area (Å²) in [5, 5.41) is 13.9. The van der Waals surface area contributed by atoms with Gasteiger partial charge < -0.3 is 20.5 Å². The van der Waals surface area contributed by atoms with E-state index in [2.05, 4.69) is 25.6 Å². The van der Waals surface area contributed by atoms with Gasteiger partial charge in [0.05, 0.1) is 23.4 Å². The lowest BCUT2D eigenvalue weighted by atomic mass is 9.65. The molecule has 1 aromatic rings. The van der Waals surface area contributed by atoms with Crippen molar-refractivity contribution in [3.05, 3.63) is 53.9 Å². The van der Waals surface area contributed by atoms with E-state index in [0.717, 1.165) is 12.2 Å². The summed E-state index contributed by atoms with van der Waals surface area (Å²) in [4.78, 5) is 12.5. The summed E-state index contributed by atoms with van der Waals surface area (Å²) < 4.78 is 53.6. The van der Waals surface area contributed by atoms with E-state index in [-0.39, 0.29) is 12.4 Å². The number of aliphatic imine (C=N–C) groups is 1. The Hall–Kier alpha value is -3.11. The van der Waals surface area contributed by atoms with Gasteiger partial charge in [0.2, 0.25) is 0 Å². The fourth-order valence-electron chi connectivity index (χ4n) is 4.23. The molecular weight excluding hydrogens is 390 g/mol. The Bertz CT molecular complexity index is 955. The molecule has 1 fully saturated rings. The third kappa shape index (κ3) is 2.91. The highest BCUT2D eigenvalue weighted by molar-refractivity contribution is 5.88. The highest BCUT2D eigenvalue weighted by Crippen LogP contribution is 2.52. The molecule has 3 unspecified atom stereocenters. The number of imidazole rings is 1. The Kier molecular flexibility index (Phi) is 4.10. The molecule has 0 aromatic carbocycles. The van der Waals surface area contributed by atoms with Gasteiger partial charge in [-0.2, -0.15) is 17.6 Å². The number of H-pyrrole nitrogens is 1. The summed E-state index contributed by atoms with van der Waals surface area (Å²) in [6.07, 6.45) is 2.79. The van der Waals surface area contributed by atoms with Gasteiger partial charge in [0.15, 0.2) is 11.6 Å². The lowest BCUT2D eigenvalue weighted by Crippen LogP contribution is -2.64. The van der Waals surface area contributed by atoms with Crippen LogP contribution >= 0.6 is 0 Å². The number of guanidine groups is 1. The number of rotatable bonds is 3. The number of allylic oxidation sites excluding steroid dienone is 4. The first-order valence-electron chi connectivity index (χ1n) is 8.85. The first-order valence-corrected chi connectivity index (χ1v) is 8.85. The smallest absolute Gasteiger partial charge is 0.348 e. The molecule has 1 aliphatic carbocycles. The van der Waals surface area contributed by atoms with Crippen LogP contribution < -0.4 is 10.6 Å². The standard InChI is InChI=1S/C18H19F4N7/c1-16(5-3-10(4-6-16)18(20,21)22)12(13-24-7-8-25-13)17-11(9-26-14(19)27-17)29(2)15(23)28-17/h3-5,7-9,12H,6H2,1-2H3,(H2,23,28)(H,24,25)(H,26,27). The van der Waals surface area contributed by atoms with Crippen LogP contribution in [0, 0.1) is 10.8 Å². The Labute approximate surface area is 163 Å². The molecule has 0 amide bonds. The second-order valence-electron chi connectivity index (χ2n) is 7.51. The summed E-state index contributed by atoms with van der Waals surface area (Å²) in [5.41, 5.74) is -2.52. The van der Waals surface area contributed by atoms with Crippen LogP contribution in [0.4, 0.5) is 17.6 Å². The summed E-state index contributed by atoms with van der Waals surface area (Å²) in [6.45, 7) is 1.78. The van der Waals surface area contributed by atoms with Gasteiger partial charge in [-0.15, -0.1) is 0 Å². The molecule has 0 spiro atoms. The Morgan fingerprint density at radius 3 is 2.66 bits per heavy atom. The summed E-state index contributed by atoms with van der Waals surface area (Å²) in [6, 6.07) is 0. The van der Waals surface area contributed by atoms with Crippen LogP contribution in [-0.4, -0.2) is 45.8 Å². The molecule has 29 heavy (non-hydrogen) atoms. The van der Waals surface area contributed by atoms with Crippen molar-refractivity contribution in [1.82, 2.24) is 25.5 Å². The Morgan fingerprint density at radius 1 is 1.31 bits per heavy atom. The van der Waals surface area contributed by atoms with Crippen molar-refractivity contribution >= 4 is 12.0 Å². The molecule has 7 nitrogen and oxygen atoms in total. The topological polar surface area (TPSA) is 92.2 Å². The molecule has 11 heteroatoms. The first kappa shape index (κ1) is 19.2. The predicted octanol–water partition coefficient (Wildman–Crippen LogP) is 2.88. The van der Waals surface area contributed by atoms with E-state index in [0.29, 0.717) is 11.5 Å². The van der Waals surface area contributed by atoms with Crippen LogP contribution in [0.3, 0.4) is 0 Å². The van der Waals surface area contributed by atoms with Crippen molar-refractivity contribution < 1.29 is 17.6 Å². The highest BCUT2D eigenvalue weighted by Gasteiger charge is 2.59. The Balaban J connectivity index is 1.84. The van der Waals surface area contributed by atoms with Crippen molar-refractivity contribution in [2.45, 2.75) is 31.1 Å². The van der Waals surface area contributed by atoms with E-state index < -0.39 is 34.8 Å². The number of nitrogens with one attached hydrogen (secondary N) is 4. The van der Waals surface area contributed by atoms with Crippen LogP contribution in [0.25, 0.3) is 0 Å². The molecule has 3 heterocycles. The summed E-state index contributed by atoms with van der Waals surface area (Å²) >= 11 is 0. The summed E-state index contributed by atoms with van der Waals surface area (Å²) in [7, 11) is 1.63. The largest absolute Gasteiger partial charge is 0.416 e. The third-order valence-corrected chi connectivity index (χ3v) is 5.63. The highest BCUT2D eigenvalue weighted by atomic mass is 19.4. The van der Waals surface area contributed by atoms with Crippen molar-refractivity contribution in [2.24, 2.45) is 10.4 Å². The van der Waals surface area contributed by atoms with Crippen molar-refractivity contribution in [3.8, 4) is 0 Å². The minimum absolute atomic E-state index is 0.000109. The number of aromatic amines is 1. The quantitative estimate of drug-likeness (QED) is 0.456. The van der Waals surface area contributed by atoms with Gasteiger partial charge in [-0.25, -0.2) is 9.98 Å². The second kappa shape index (κ2) is 6.19. The molecular formula is C18H19F4N7. The average Bonchev–Trinajstić information content (AvgIpc) is 3.22. The number of aromatic nitrogens is 2. The molecule has 1 aromatic heterocycles. The number of likely N-dealkylation sites (N-methyl/N-ethyl adjacent to an activating group) is 1. The number of nitrogens with zero attached hydrogens (tertiary/aromatic N) is 3. The fraction of sp³-hybridized carbons (Fsp3) is 0.389. The van der Waals surface area contributed by atoms with E-state index in [1.165, 1.54) is 23.4 Å². The van der Waals surface area contributed by atoms with Crippen LogP contribution in [0.1, 0.15) is 25.1 Å². The SMILES string of the molecule is CN1C(=N)NC2(C(c3ncc[nH]3)C3(C)C=CC(C(F)(F)F)=CC3)NC(F)=NC=C12. The van der Waals surface area contributed by atoms with Gasteiger partial charge in [0.1, 0.15) is 5.82 Å². The maximum Gasteiger partial charge on any atom is 0.416 e. The normalized spacial score (nSPS) is 30.1. The predicted molar refractivity (Wildman–Crippen MR) is 98.4 cm³/mol. The van der Waals surface area contributed by atoms with Gasteiger partial charge in [0.25, 0.3) is 6.09 Å². The monoisotopic (exact) mass is 409 g/mol. The maximum absolute atomic E-state index is 14.3. The zero-order valence-corrected chi connectivity index (χ0v) is 15.6. The minimum atomic E-state index is -4.45. The van der Waals surface area contributed by atoms with Gasteiger partial charge in [0, 0.05) is 24.9 Å². The average molecular weight is 409 g/mol. The van der Waals surface area contributed by atoms with Crippen molar-refractivity contribution in [3.63, 3.8) is 0 Å². The number of alkyl halides is 3. The lowest BCUT2D eigenvalue weighted by Gasteiger charge is -2.47. The maximum atomic E-state index is 14.3. The third-order valence-electron chi connectivity index (χ3n) is 5.63. The molecule has 4 N–H and O–H groups in total. The number of fused-ring (bicyclic) bond motifs is 1. The van der Waals surface area contributed by atoms with Crippen LogP contribution in [0.15, 0.2) is 53.1 Å². The fourth-order valence-corrected chi connectivity index (χ4v) is 4.23. The van der Waals surface area contributed by atoms with Crippen LogP contribution in [-0.2, 0) is 0 Å². The first-order chi connectivity index (χ1) is 13.6. The van der Waals surface area contributed by atoms with Gasteiger partial charge in [-0.05, 0) is 6.42 Å². The molecule has 154 valence electrons. The zero-order chi connectivity index (χ0) is 21.0. The molecule has 3 aliphatic rings. The minimum Gasteiger partial charge on any atom is -0.348 e. The molecule has 4 rings (SSSR count). The van der Waals surface area contributed by atoms with E-state index in [4.69, 9.17) is 5.41 Å². The van der Waals surface area contributed by atoms with Crippen molar-refractivity contribution in [1.29, 1.82) is 5.41 Å². The second-order valence-corrected chi connectivity index (χ2v) is 7.51. The number of hydrogen-bond acceptors (Lipinski definition) is 4. The van der Waals surface area contributed by atoms with E-state index in [9.17, 15) is 17.6 Å². The van der Waals surface area contributed by atoms with Crippen LogP contribution in [0.5, 0.6) is 0 Å². The van der Waals surface area contributed by atoms with Gasteiger partial charge >= 0.3 is 6.18 Å². The van der Waals surface area contributed by atoms with E-state index in [1.54, 1.807) is 20.2 Å². The van der Waals surface area contributed by atoms with Crippen molar-refractivity contribution in [2.75, 3.05) is 7.05 Å². The number of halogens is 4. The zero-order valence-electron chi connectivity index (χ0n) is 15.6. The van der Waals surface area contributed by atoms with E-state index >= 15 is 0 Å². The lowest BCUT2D eigenvalue weighted by molar-refractivity contribution is -0.0890. The number of amidine groups is 1. The van der Waals surface area contributed by atoms with E-state index in [1.807, 2.05) is 0 Å². The van der Waals surface area contributed by atoms with Crippen LogP contribution in [0.2, 0.25) is 0 Å². The molecule has 0 radical (unpaired) electrons. The van der Waals surface area contributed by atoms with Gasteiger partial charge in [-0.1, -0.05) is 25.2 Å².